The summed E-state index contributed by atoms with van der Waals surface area (Å²) in [7, 11) is 1.65. The minimum absolute atomic E-state index is 0.0629. The summed E-state index contributed by atoms with van der Waals surface area (Å²) in [4.78, 5) is 0. The monoisotopic (exact) mass is 200 g/mol. The third-order valence-electron chi connectivity index (χ3n) is 3.00. The van der Waals surface area contributed by atoms with Crippen molar-refractivity contribution in [2.75, 3.05) is 7.11 Å². The molecular formula is C11H20O3. The van der Waals surface area contributed by atoms with Crippen LogP contribution in [0.5, 0.6) is 0 Å². The third-order valence-corrected chi connectivity index (χ3v) is 3.00. The maximum Gasteiger partial charge on any atom is 0.157 e. The zero-order valence-corrected chi connectivity index (χ0v) is 9.14. The maximum absolute atomic E-state index is 9.62. The molecule has 0 aromatic heterocycles. The van der Waals surface area contributed by atoms with Crippen molar-refractivity contribution in [1.29, 1.82) is 0 Å². The van der Waals surface area contributed by atoms with Crippen molar-refractivity contribution in [3.8, 4) is 0 Å². The molecule has 0 aromatic carbocycles. The van der Waals surface area contributed by atoms with Crippen LogP contribution in [0.3, 0.4) is 0 Å². The van der Waals surface area contributed by atoms with Crippen molar-refractivity contribution >= 4 is 0 Å². The topological polar surface area (TPSA) is 38.7 Å². The van der Waals surface area contributed by atoms with Crippen molar-refractivity contribution in [2.45, 2.75) is 38.8 Å². The fourth-order valence-electron chi connectivity index (χ4n) is 2.01. The second-order valence-electron chi connectivity index (χ2n) is 4.06. The maximum atomic E-state index is 9.62. The average molecular weight is 200 g/mol. The van der Waals surface area contributed by atoms with Crippen LogP contribution in [0.1, 0.15) is 20.3 Å². The van der Waals surface area contributed by atoms with Crippen molar-refractivity contribution in [2.24, 2.45) is 11.8 Å². The molecule has 14 heavy (non-hydrogen) atoms. The highest BCUT2D eigenvalue weighted by Crippen LogP contribution is 2.32. The first kappa shape index (κ1) is 11.7. The number of aliphatic hydroxyl groups excluding tert-OH is 1. The van der Waals surface area contributed by atoms with Crippen LogP contribution < -0.4 is 0 Å². The molecule has 0 aromatic rings. The standard InChI is InChI=1S/C11H20O3/c1-5-9(12)8(3)11-7(2)6-10(13-4)14-11/h5,7-12H,1,6H2,2-4H3/t7-,8+,9-,10?,11?/m1/s1. The van der Waals surface area contributed by atoms with Crippen LogP contribution in [0.15, 0.2) is 12.7 Å². The SMILES string of the molecule is C=C[C@@H](O)[C@H](C)C1OC(OC)C[C@H]1C. The Morgan fingerprint density at radius 1 is 1.64 bits per heavy atom. The molecule has 1 N–H and O–H groups in total. The first-order valence-corrected chi connectivity index (χ1v) is 5.09. The minimum Gasteiger partial charge on any atom is -0.389 e. The molecule has 2 unspecified atom stereocenters. The molecule has 0 saturated carbocycles. The quantitative estimate of drug-likeness (QED) is 0.700. The highest BCUT2D eigenvalue weighted by atomic mass is 16.7. The van der Waals surface area contributed by atoms with E-state index in [4.69, 9.17) is 9.47 Å². The van der Waals surface area contributed by atoms with E-state index in [1.165, 1.54) is 0 Å². The summed E-state index contributed by atoms with van der Waals surface area (Å²) < 4.78 is 10.8. The first-order valence-electron chi connectivity index (χ1n) is 5.09. The van der Waals surface area contributed by atoms with Gasteiger partial charge in [-0.05, 0) is 5.92 Å². The molecule has 0 radical (unpaired) electrons. The van der Waals surface area contributed by atoms with Crippen LogP contribution >= 0.6 is 0 Å². The summed E-state index contributed by atoms with van der Waals surface area (Å²) >= 11 is 0. The Hall–Kier alpha value is -0.380. The second-order valence-corrected chi connectivity index (χ2v) is 4.06. The molecule has 1 aliphatic heterocycles. The second kappa shape index (κ2) is 4.91. The fraction of sp³-hybridized carbons (Fsp3) is 0.818. The van der Waals surface area contributed by atoms with Crippen molar-refractivity contribution in [1.82, 2.24) is 0 Å². The van der Waals surface area contributed by atoms with Gasteiger partial charge in [0.05, 0.1) is 12.2 Å². The molecule has 5 atom stereocenters. The predicted molar refractivity (Wildman–Crippen MR) is 54.8 cm³/mol. The van der Waals surface area contributed by atoms with E-state index >= 15 is 0 Å². The normalized spacial score (nSPS) is 36.7. The van der Waals surface area contributed by atoms with Crippen LogP contribution in [-0.4, -0.2) is 30.7 Å². The first-order chi connectivity index (χ1) is 6.60. The van der Waals surface area contributed by atoms with Gasteiger partial charge in [0, 0.05) is 19.4 Å². The van der Waals surface area contributed by atoms with Gasteiger partial charge in [-0.1, -0.05) is 19.9 Å². The lowest BCUT2D eigenvalue weighted by Crippen LogP contribution is -2.31. The molecule has 82 valence electrons. The molecule has 0 spiro atoms. The number of methoxy groups -OCH3 is 1. The summed E-state index contributed by atoms with van der Waals surface area (Å²) in [6.45, 7) is 7.68. The van der Waals surface area contributed by atoms with Gasteiger partial charge in [0.2, 0.25) is 0 Å². The molecule has 1 fully saturated rings. The van der Waals surface area contributed by atoms with Gasteiger partial charge in [-0.2, -0.15) is 0 Å². The van der Waals surface area contributed by atoms with Gasteiger partial charge in [0.1, 0.15) is 0 Å². The third kappa shape index (κ3) is 2.35. The predicted octanol–water partition coefficient (Wildman–Crippen LogP) is 1.57. The Morgan fingerprint density at radius 3 is 2.71 bits per heavy atom. The van der Waals surface area contributed by atoms with E-state index in [9.17, 15) is 5.11 Å². The van der Waals surface area contributed by atoms with E-state index in [1.54, 1.807) is 13.2 Å². The summed E-state index contributed by atoms with van der Waals surface area (Å²) in [5.74, 6) is 0.493. The van der Waals surface area contributed by atoms with E-state index in [0.717, 1.165) is 6.42 Å². The number of hydrogen-bond donors (Lipinski definition) is 1. The lowest BCUT2D eigenvalue weighted by atomic mass is 9.89. The summed E-state index contributed by atoms with van der Waals surface area (Å²) in [5.41, 5.74) is 0. The van der Waals surface area contributed by atoms with Crippen LogP contribution in [0.4, 0.5) is 0 Å². The molecule has 1 aliphatic rings. The Kier molecular flexibility index (Phi) is 4.11. The largest absolute Gasteiger partial charge is 0.389 e. The Bertz CT molecular complexity index is 193. The zero-order valence-electron chi connectivity index (χ0n) is 9.14. The number of hydrogen-bond acceptors (Lipinski definition) is 3. The molecule has 0 amide bonds. The van der Waals surface area contributed by atoms with Gasteiger partial charge in [-0.25, -0.2) is 0 Å². The van der Waals surface area contributed by atoms with Crippen LogP contribution in [0.25, 0.3) is 0 Å². The van der Waals surface area contributed by atoms with Crippen LogP contribution in [-0.2, 0) is 9.47 Å². The van der Waals surface area contributed by atoms with Crippen molar-refractivity contribution in [3.63, 3.8) is 0 Å². The Morgan fingerprint density at radius 2 is 2.29 bits per heavy atom. The van der Waals surface area contributed by atoms with E-state index in [-0.39, 0.29) is 18.3 Å². The number of aliphatic hydroxyl groups is 1. The molecule has 0 bridgehead atoms. The van der Waals surface area contributed by atoms with E-state index < -0.39 is 6.10 Å². The smallest absolute Gasteiger partial charge is 0.157 e. The van der Waals surface area contributed by atoms with Crippen molar-refractivity contribution in [3.05, 3.63) is 12.7 Å². The van der Waals surface area contributed by atoms with E-state index in [0.29, 0.717) is 5.92 Å². The van der Waals surface area contributed by atoms with Gasteiger partial charge < -0.3 is 14.6 Å². The molecule has 0 aliphatic carbocycles. The number of rotatable bonds is 4. The zero-order chi connectivity index (χ0) is 10.7. The van der Waals surface area contributed by atoms with E-state index in [1.807, 2.05) is 6.92 Å². The van der Waals surface area contributed by atoms with Gasteiger partial charge in [-0.3, -0.25) is 0 Å². The molecule has 3 nitrogen and oxygen atoms in total. The lowest BCUT2D eigenvalue weighted by molar-refractivity contribution is -0.134. The fourth-order valence-corrected chi connectivity index (χ4v) is 2.01. The summed E-state index contributed by atoms with van der Waals surface area (Å²) in [6, 6.07) is 0. The van der Waals surface area contributed by atoms with E-state index in [2.05, 4.69) is 13.5 Å². The van der Waals surface area contributed by atoms with Crippen molar-refractivity contribution < 1.29 is 14.6 Å². The molecular weight excluding hydrogens is 180 g/mol. The molecule has 1 saturated heterocycles. The average Bonchev–Trinajstić information content (AvgIpc) is 2.57. The number of ether oxygens (including phenoxy) is 2. The molecule has 1 heterocycles. The molecule has 1 rings (SSSR count). The molecule has 3 heteroatoms. The van der Waals surface area contributed by atoms with Gasteiger partial charge in [0.15, 0.2) is 6.29 Å². The minimum atomic E-state index is -0.502. The summed E-state index contributed by atoms with van der Waals surface area (Å²) in [5, 5.41) is 9.62. The summed E-state index contributed by atoms with van der Waals surface area (Å²) in [6.07, 6.45) is 1.90. The van der Waals surface area contributed by atoms with Crippen LogP contribution in [0, 0.1) is 11.8 Å². The van der Waals surface area contributed by atoms with Crippen LogP contribution in [0.2, 0.25) is 0 Å². The Labute approximate surface area is 85.7 Å². The highest BCUT2D eigenvalue weighted by molar-refractivity contribution is 4.90. The van der Waals surface area contributed by atoms with Gasteiger partial charge in [0.25, 0.3) is 0 Å². The Balaban J connectivity index is 2.56. The van der Waals surface area contributed by atoms with Gasteiger partial charge >= 0.3 is 0 Å². The van der Waals surface area contributed by atoms with Gasteiger partial charge in [-0.15, -0.1) is 6.58 Å². The lowest BCUT2D eigenvalue weighted by Gasteiger charge is -2.25. The highest BCUT2D eigenvalue weighted by Gasteiger charge is 2.37.